The number of aryl methyl sites for hydroxylation is 1. The van der Waals surface area contributed by atoms with Crippen molar-refractivity contribution >= 4 is 18.0 Å². The molecule has 0 radical (unpaired) electrons. The topological polar surface area (TPSA) is 84.2 Å². The van der Waals surface area contributed by atoms with E-state index in [1.807, 2.05) is 6.08 Å². The number of carboxylic acid groups (broad SMARTS) is 1. The van der Waals surface area contributed by atoms with E-state index < -0.39 is 5.97 Å². The van der Waals surface area contributed by atoms with E-state index in [-0.39, 0.29) is 17.6 Å². The van der Waals surface area contributed by atoms with Crippen LogP contribution in [-0.4, -0.2) is 32.8 Å². The quantitative estimate of drug-likeness (QED) is 0.840. The predicted molar refractivity (Wildman–Crippen MR) is 67.6 cm³/mol. The fourth-order valence-corrected chi connectivity index (χ4v) is 2.84. The highest BCUT2D eigenvalue weighted by Crippen LogP contribution is 2.31. The second kappa shape index (κ2) is 4.22. The van der Waals surface area contributed by atoms with E-state index in [1.165, 1.54) is 0 Å². The van der Waals surface area contributed by atoms with E-state index in [0.717, 1.165) is 30.5 Å². The minimum absolute atomic E-state index is 0.106. The average Bonchev–Trinajstić information content (AvgIpc) is 2.98. The van der Waals surface area contributed by atoms with Crippen LogP contribution in [0.15, 0.2) is 5.57 Å². The maximum atomic E-state index is 11.2. The van der Waals surface area contributed by atoms with Gasteiger partial charge >= 0.3 is 5.97 Å². The van der Waals surface area contributed by atoms with Gasteiger partial charge in [0.15, 0.2) is 5.69 Å². The number of carboxylic acids is 1. The van der Waals surface area contributed by atoms with E-state index in [2.05, 4.69) is 10.4 Å². The zero-order valence-electron chi connectivity index (χ0n) is 10.6. The first-order valence-corrected chi connectivity index (χ1v) is 6.32. The van der Waals surface area contributed by atoms with E-state index in [0.29, 0.717) is 12.0 Å². The second-order valence-electron chi connectivity index (χ2n) is 5.12. The molecular formula is C13H15N3O3. The summed E-state index contributed by atoms with van der Waals surface area (Å²) in [5, 5.41) is 16.1. The molecule has 1 atom stereocenters. The molecule has 6 nitrogen and oxygen atoms in total. The zero-order chi connectivity index (χ0) is 13.6. The number of carbonyl (C=O) groups is 2. The van der Waals surface area contributed by atoms with Crippen molar-refractivity contribution in [2.75, 3.05) is 0 Å². The predicted octanol–water partition coefficient (Wildman–Crippen LogP) is 0.726. The number of hydrogen-bond donors (Lipinski definition) is 2. The first kappa shape index (κ1) is 12.0. The molecule has 100 valence electrons. The van der Waals surface area contributed by atoms with E-state index >= 15 is 0 Å². The van der Waals surface area contributed by atoms with Gasteiger partial charge < -0.3 is 10.4 Å². The molecule has 1 aliphatic heterocycles. The molecule has 2 aliphatic rings. The Bertz CT molecular complexity index is 601. The lowest BCUT2D eigenvalue weighted by Crippen LogP contribution is -2.25. The molecule has 0 aromatic carbocycles. The summed E-state index contributed by atoms with van der Waals surface area (Å²) in [6, 6.07) is 0.189. The summed E-state index contributed by atoms with van der Waals surface area (Å²) in [6.45, 7) is 0. The van der Waals surface area contributed by atoms with Crippen LogP contribution in [0, 0.1) is 0 Å². The SMILES string of the molecule is Cn1nc(C(=O)O)c2c1CC(C[C@H]1CCC(=O)N1)=C2. The number of aromatic nitrogens is 2. The summed E-state index contributed by atoms with van der Waals surface area (Å²) in [7, 11) is 1.76. The molecule has 1 aromatic heterocycles. The lowest BCUT2D eigenvalue weighted by Gasteiger charge is -2.10. The molecule has 2 N–H and O–H groups in total. The highest BCUT2D eigenvalue weighted by atomic mass is 16.4. The normalized spacial score (nSPS) is 21.2. The molecule has 6 heteroatoms. The number of fused-ring (bicyclic) bond motifs is 1. The van der Waals surface area contributed by atoms with Gasteiger partial charge in [-0.3, -0.25) is 9.48 Å². The lowest BCUT2D eigenvalue weighted by atomic mass is 10.0. The summed E-state index contributed by atoms with van der Waals surface area (Å²) in [5.41, 5.74) is 2.94. The summed E-state index contributed by atoms with van der Waals surface area (Å²) in [6.07, 6.45) is 4.87. The molecule has 0 saturated carbocycles. The molecule has 0 bridgehead atoms. The molecule has 0 unspecified atom stereocenters. The summed E-state index contributed by atoms with van der Waals surface area (Å²) in [4.78, 5) is 22.3. The Hall–Kier alpha value is -2.11. The Balaban J connectivity index is 1.80. The van der Waals surface area contributed by atoms with Crippen LogP contribution in [0.1, 0.15) is 41.0 Å². The second-order valence-corrected chi connectivity index (χ2v) is 5.12. The molecule has 0 spiro atoms. The Labute approximate surface area is 110 Å². The Morgan fingerprint density at radius 1 is 1.63 bits per heavy atom. The van der Waals surface area contributed by atoms with Crippen molar-refractivity contribution in [1.82, 2.24) is 15.1 Å². The van der Waals surface area contributed by atoms with Gasteiger partial charge in [-0.05, 0) is 12.8 Å². The smallest absolute Gasteiger partial charge is 0.357 e. The number of nitrogens with one attached hydrogen (secondary N) is 1. The number of amides is 1. The molecule has 1 aromatic rings. The van der Waals surface area contributed by atoms with Gasteiger partial charge in [0.1, 0.15) is 0 Å². The number of rotatable bonds is 3. The van der Waals surface area contributed by atoms with Crippen LogP contribution in [0.2, 0.25) is 0 Å². The van der Waals surface area contributed by atoms with Gasteiger partial charge in [0.05, 0.1) is 5.69 Å². The van der Waals surface area contributed by atoms with Crippen LogP contribution in [0.25, 0.3) is 6.08 Å². The molecule has 1 amide bonds. The minimum Gasteiger partial charge on any atom is -0.476 e. The largest absolute Gasteiger partial charge is 0.476 e. The van der Waals surface area contributed by atoms with Gasteiger partial charge in [0, 0.05) is 31.5 Å². The lowest BCUT2D eigenvalue weighted by molar-refractivity contribution is -0.119. The maximum Gasteiger partial charge on any atom is 0.357 e. The fraction of sp³-hybridized carbons (Fsp3) is 0.462. The summed E-state index contributed by atoms with van der Waals surface area (Å²) >= 11 is 0. The highest BCUT2D eigenvalue weighted by molar-refractivity contribution is 5.91. The van der Waals surface area contributed by atoms with Crippen molar-refractivity contribution in [2.45, 2.75) is 31.7 Å². The molecule has 1 aliphatic carbocycles. The minimum atomic E-state index is -0.997. The standard InChI is InChI=1S/C13H15N3O3/c1-16-10-6-7(4-8-2-3-11(17)14-8)5-9(10)12(15-16)13(18)19/h5,8H,2-4,6H2,1H3,(H,14,17)(H,18,19)/t8-/m1/s1. The van der Waals surface area contributed by atoms with Crippen LogP contribution in [0.4, 0.5) is 0 Å². The van der Waals surface area contributed by atoms with Gasteiger partial charge in [-0.15, -0.1) is 0 Å². The van der Waals surface area contributed by atoms with Crippen LogP contribution in [0.3, 0.4) is 0 Å². The van der Waals surface area contributed by atoms with Gasteiger partial charge in [-0.1, -0.05) is 11.6 Å². The Morgan fingerprint density at radius 3 is 3.05 bits per heavy atom. The van der Waals surface area contributed by atoms with E-state index in [1.54, 1.807) is 11.7 Å². The number of hydrogen-bond acceptors (Lipinski definition) is 3. The maximum absolute atomic E-state index is 11.2. The van der Waals surface area contributed by atoms with Crippen molar-refractivity contribution in [2.24, 2.45) is 7.05 Å². The summed E-state index contributed by atoms with van der Waals surface area (Å²) < 4.78 is 1.63. The van der Waals surface area contributed by atoms with Crippen LogP contribution in [-0.2, 0) is 18.3 Å². The number of nitrogens with zero attached hydrogens (tertiary/aromatic N) is 2. The van der Waals surface area contributed by atoms with Crippen LogP contribution in [0.5, 0.6) is 0 Å². The van der Waals surface area contributed by atoms with E-state index in [9.17, 15) is 9.59 Å². The van der Waals surface area contributed by atoms with Crippen molar-refractivity contribution in [3.63, 3.8) is 0 Å². The van der Waals surface area contributed by atoms with Crippen LogP contribution < -0.4 is 5.32 Å². The highest BCUT2D eigenvalue weighted by Gasteiger charge is 2.28. The average molecular weight is 261 g/mol. The van der Waals surface area contributed by atoms with Gasteiger partial charge in [0.2, 0.25) is 5.91 Å². The molecule has 1 saturated heterocycles. The summed E-state index contributed by atoms with van der Waals surface area (Å²) in [5.74, 6) is -0.891. The van der Waals surface area contributed by atoms with Crippen LogP contribution >= 0.6 is 0 Å². The molecule has 2 heterocycles. The molecule has 1 fully saturated rings. The monoisotopic (exact) mass is 261 g/mol. The van der Waals surface area contributed by atoms with Gasteiger partial charge in [-0.25, -0.2) is 4.79 Å². The zero-order valence-corrected chi connectivity index (χ0v) is 10.6. The third kappa shape index (κ3) is 2.03. The van der Waals surface area contributed by atoms with Gasteiger partial charge in [0.25, 0.3) is 0 Å². The third-order valence-corrected chi connectivity index (χ3v) is 3.75. The van der Waals surface area contributed by atoms with Crippen molar-refractivity contribution < 1.29 is 14.7 Å². The third-order valence-electron chi connectivity index (χ3n) is 3.75. The van der Waals surface area contributed by atoms with E-state index in [4.69, 9.17) is 5.11 Å². The first-order chi connectivity index (χ1) is 9.04. The van der Waals surface area contributed by atoms with Crippen molar-refractivity contribution in [1.29, 1.82) is 0 Å². The first-order valence-electron chi connectivity index (χ1n) is 6.32. The van der Waals surface area contributed by atoms with Gasteiger partial charge in [-0.2, -0.15) is 5.10 Å². The molecular weight excluding hydrogens is 246 g/mol. The molecule has 19 heavy (non-hydrogen) atoms. The number of carbonyl (C=O) groups excluding carboxylic acids is 1. The molecule has 3 rings (SSSR count). The Kier molecular flexibility index (Phi) is 2.66. The van der Waals surface area contributed by atoms with Crippen molar-refractivity contribution in [3.05, 3.63) is 22.5 Å². The Morgan fingerprint density at radius 2 is 2.42 bits per heavy atom. The van der Waals surface area contributed by atoms with Crippen molar-refractivity contribution in [3.8, 4) is 0 Å². The fourth-order valence-electron chi connectivity index (χ4n) is 2.84. The number of aromatic carboxylic acids is 1.